The molecule has 14 heavy (non-hydrogen) atoms. The van der Waals surface area contributed by atoms with Crippen LogP contribution in [0.3, 0.4) is 0 Å². The first kappa shape index (κ1) is 10.3. The van der Waals surface area contributed by atoms with E-state index in [1.807, 2.05) is 13.0 Å². The summed E-state index contributed by atoms with van der Waals surface area (Å²) in [7, 11) is 0. The minimum atomic E-state index is -0.682. The minimum Gasteiger partial charge on any atom is -0.385 e. The van der Waals surface area contributed by atoms with Gasteiger partial charge in [0.05, 0.1) is 5.60 Å². The van der Waals surface area contributed by atoms with Gasteiger partial charge in [0.25, 0.3) is 0 Å². The van der Waals surface area contributed by atoms with Gasteiger partial charge >= 0.3 is 0 Å². The number of aliphatic hydroxyl groups is 1. The lowest BCUT2D eigenvalue weighted by molar-refractivity contribution is -0.0392. The molecule has 1 N–H and O–H groups in total. The third-order valence-corrected chi connectivity index (χ3v) is 3.60. The van der Waals surface area contributed by atoms with Gasteiger partial charge in [-0.3, -0.25) is 0 Å². The fourth-order valence-electron chi connectivity index (χ4n) is 1.91. The number of benzene rings is 1. The molecular weight excluding hydrogens is 219 g/mol. The summed E-state index contributed by atoms with van der Waals surface area (Å²) in [4.78, 5) is 0. The molecule has 0 saturated heterocycles. The maximum atomic E-state index is 10.2. The molecule has 0 heterocycles. The van der Waals surface area contributed by atoms with Crippen LogP contribution in [0.2, 0.25) is 10.0 Å². The van der Waals surface area contributed by atoms with E-state index in [1.165, 1.54) is 0 Å². The second kappa shape index (κ2) is 3.41. The summed E-state index contributed by atoms with van der Waals surface area (Å²) in [5.41, 5.74) is 1.15. The largest absolute Gasteiger partial charge is 0.385 e. The average Bonchev–Trinajstić information content (AvgIpc) is 2.07. The maximum Gasteiger partial charge on any atom is 0.0900 e. The Balaban J connectivity index is 2.51. The molecule has 1 aliphatic rings. The van der Waals surface area contributed by atoms with Gasteiger partial charge in [0, 0.05) is 10.0 Å². The van der Waals surface area contributed by atoms with Crippen molar-refractivity contribution < 1.29 is 5.11 Å². The van der Waals surface area contributed by atoms with Crippen molar-refractivity contribution in [1.29, 1.82) is 0 Å². The van der Waals surface area contributed by atoms with Crippen LogP contribution in [0, 0.1) is 6.92 Å². The molecule has 0 bridgehead atoms. The number of rotatable bonds is 1. The molecule has 0 unspecified atom stereocenters. The summed E-state index contributed by atoms with van der Waals surface area (Å²) in [5, 5.41) is 11.4. The summed E-state index contributed by atoms with van der Waals surface area (Å²) in [6.45, 7) is 1.92. The third kappa shape index (κ3) is 1.54. The van der Waals surface area contributed by atoms with Crippen molar-refractivity contribution >= 4 is 23.2 Å². The Morgan fingerprint density at radius 3 is 2.43 bits per heavy atom. The molecule has 3 heteroatoms. The Kier molecular flexibility index (Phi) is 2.50. The normalized spacial score (nSPS) is 19.1. The van der Waals surface area contributed by atoms with Crippen LogP contribution < -0.4 is 0 Å². The quantitative estimate of drug-likeness (QED) is 0.781. The van der Waals surface area contributed by atoms with Crippen LogP contribution in [-0.4, -0.2) is 5.11 Å². The molecule has 0 aromatic heterocycles. The van der Waals surface area contributed by atoms with E-state index >= 15 is 0 Å². The highest BCUT2D eigenvalue weighted by Gasteiger charge is 2.37. The van der Waals surface area contributed by atoms with E-state index in [0.717, 1.165) is 30.4 Å². The van der Waals surface area contributed by atoms with E-state index in [-0.39, 0.29) is 0 Å². The van der Waals surface area contributed by atoms with Crippen molar-refractivity contribution in [2.45, 2.75) is 31.8 Å². The topological polar surface area (TPSA) is 20.2 Å². The van der Waals surface area contributed by atoms with Crippen LogP contribution in [0.4, 0.5) is 0 Å². The lowest BCUT2D eigenvalue weighted by Gasteiger charge is -2.38. The highest BCUT2D eigenvalue weighted by atomic mass is 35.5. The second-order valence-electron chi connectivity index (χ2n) is 3.95. The summed E-state index contributed by atoms with van der Waals surface area (Å²) in [5.74, 6) is 0. The first-order valence-corrected chi connectivity index (χ1v) is 5.47. The van der Waals surface area contributed by atoms with E-state index in [4.69, 9.17) is 23.2 Å². The first-order valence-electron chi connectivity index (χ1n) is 4.71. The predicted molar refractivity (Wildman–Crippen MR) is 58.9 cm³/mol. The first-order chi connectivity index (χ1) is 6.53. The van der Waals surface area contributed by atoms with Crippen molar-refractivity contribution in [1.82, 2.24) is 0 Å². The fraction of sp³-hybridized carbons (Fsp3) is 0.455. The van der Waals surface area contributed by atoms with E-state index < -0.39 is 5.60 Å². The van der Waals surface area contributed by atoms with E-state index in [1.54, 1.807) is 6.07 Å². The van der Waals surface area contributed by atoms with Crippen LogP contribution in [0.25, 0.3) is 0 Å². The van der Waals surface area contributed by atoms with Gasteiger partial charge in [-0.15, -0.1) is 0 Å². The molecule has 1 aromatic carbocycles. The zero-order valence-electron chi connectivity index (χ0n) is 7.98. The minimum absolute atomic E-state index is 0.593. The molecule has 1 fully saturated rings. The van der Waals surface area contributed by atoms with Gasteiger partial charge in [0.15, 0.2) is 0 Å². The highest BCUT2D eigenvalue weighted by molar-refractivity contribution is 6.35. The van der Waals surface area contributed by atoms with Crippen molar-refractivity contribution in [3.63, 3.8) is 0 Å². The third-order valence-electron chi connectivity index (χ3n) is 2.99. The highest BCUT2D eigenvalue weighted by Crippen LogP contribution is 2.44. The van der Waals surface area contributed by atoms with Crippen LogP contribution in [0.15, 0.2) is 12.1 Å². The second-order valence-corrected chi connectivity index (χ2v) is 4.79. The summed E-state index contributed by atoms with van der Waals surface area (Å²) < 4.78 is 0. The van der Waals surface area contributed by atoms with Crippen LogP contribution in [0.5, 0.6) is 0 Å². The number of halogens is 2. The Bertz CT molecular complexity index is 370. The number of hydrogen-bond acceptors (Lipinski definition) is 1. The molecule has 0 aliphatic heterocycles. The number of hydrogen-bond donors (Lipinski definition) is 1. The molecule has 0 radical (unpaired) electrons. The average molecular weight is 231 g/mol. The van der Waals surface area contributed by atoms with E-state index in [2.05, 4.69) is 0 Å². The Morgan fingerprint density at radius 2 is 1.93 bits per heavy atom. The zero-order chi connectivity index (χ0) is 10.3. The molecule has 0 atom stereocenters. The molecule has 76 valence electrons. The summed E-state index contributed by atoms with van der Waals surface area (Å²) in [6, 6.07) is 3.53. The molecule has 0 spiro atoms. The van der Waals surface area contributed by atoms with Crippen LogP contribution in [-0.2, 0) is 5.60 Å². The van der Waals surface area contributed by atoms with Crippen molar-refractivity contribution in [2.24, 2.45) is 0 Å². The fourth-order valence-corrected chi connectivity index (χ4v) is 2.40. The summed E-state index contributed by atoms with van der Waals surface area (Å²) >= 11 is 11.9. The van der Waals surface area contributed by atoms with Gasteiger partial charge < -0.3 is 5.11 Å². The van der Waals surface area contributed by atoms with Crippen LogP contribution in [0.1, 0.15) is 30.4 Å². The van der Waals surface area contributed by atoms with Gasteiger partial charge in [0.1, 0.15) is 0 Å². The molecule has 1 aliphatic carbocycles. The SMILES string of the molecule is Cc1c(Cl)cc(Cl)cc1C1(O)CCC1. The Hall–Kier alpha value is -0.240. The van der Waals surface area contributed by atoms with Gasteiger partial charge in [-0.1, -0.05) is 23.2 Å². The van der Waals surface area contributed by atoms with Crippen molar-refractivity contribution in [3.05, 3.63) is 33.3 Å². The van der Waals surface area contributed by atoms with E-state index in [0.29, 0.717) is 10.0 Å². The smallest absolute Gasteiger partial charge is 0.0900 e. The van der Waals surface area contributed by atoms with Gasteiger partial charge in [-0.05, 0) is 49.4 Å². The lowest BCUT2D eigenvalue weighted by Crippen LogP contribution is -2.34. The maximum absolute atomic E-state index is 10.2. The van der Waals surface area contributed by atoms with Gasteiger partial charge in [-0.2, -0.15) is 0 Å². The Labute approximate surface area is 93.7 Å². The monoisotopic (exact) mass is 230 g/mol. The predicted octanol–water partition coefficient (Wildman–Crippen LogP) is 3.67. The molecule has 1 aromatic rings. The van der Waals surface area contributed by atoms with Crippen LogP contribution >= 0.6 is 23.2 Å². The molecular formula is C11H12Cl2O. The lowest BCUT2D eigenvalue weighted by atomic mass is 9.74. The van der Waals surface area contributed by atoms with E-state index in [9.17, 15) is 5.11 Å². The molecule has 1 saturated carbocycles. The van der Waals surface area contributed by atoms with Crippen molar-refractivity contribution in [2.75, 3.05) is 0 Å². The Morgan fingerprint density at radius 1 is 1.29 bits per heavy atom. The standard InChI is InChI=1S/C11H12Cl2O/c1-7-9(11(14)3-2-4-11)5-8(12)6-10(7)13/h5-6,14H,2-4H2,1H3. The molecule has 0 amide bonds. The zero-order valence-corrected chi connectivity index (χ0v) is 9.49. The van der Waals surface area contributed by atoms with Crippen molar-refractivity contribution in [3.8, 4) is 0 Å². The van der Waals surface area contributed by atoms with Gasteiger partial charge in [0.2, 0.25) is 0 Å². The molecule has 1 nitrogen and oxygen atoms in total. The van der Waals surface area contributed by atoms with Gasteiger partial charge in [-0.25, -0.2) is 0 Å². The summed E-state index contributed by atoms with van der Waals surface area (Å²) in [6.07, 6.45) is 2.69. The molecule has 2 rings (SSSR count).